The molecule has 1 aromatic carbocycles. The lowest BCUT2D eigenvalue weighted by Gasteiger charge is -2.26. The van der Waals surface area contributed by atoms with Gasteiger partial charge in [-0.3, -0.25) is 4.79 Å². The van der Waals surface area contributed by atoms with Crippen molar-refractivity contribution in [3.8, 4) is 0 Å². The second-order valence-electron chi connectivity index (χ2n) is 6.48. The van der Waals surface area contributed by atoms with Crippen LogP contribution in [0.25, 0.3) is 0 Å². The molecular formula is C18H29ClN3O4S+. The maximum Gasteiger partial charge on any atom is 0.251 e. The van der Waals surface area contributed by atoms with Crippen molar-refractivity contribution in [3.63, 3.8) is 0 Å². The van der Waals surface area contributed by atoms with Crippen LogP contribution < -0.4 is 10.2 Å². The standard InChI is InChI=1S/C18H28ClN3O4S/c1-3-21(4-2)9-5-8-20-18(23)15-6-7-16(19)17(14-15)27(24,25)22-10-12-26-13-11-22/h6-7,14H,3-5,8-13H2,1-2H3,(H,20,23)/p+1. The second kappa shape index (κ2) is 10.4. The zero-order valence-electron chi connectivity index (χ0n) is 16.0. The highest BCUT2D eigenvalue weighted by Gasteiger charge is 2.29. The Morgan fingerprint density at radius 2 is 1.93 bits per heavy atom. The summed E-state index contributed by atoms with van der Waals surface area (Å²) in [6.07, 6.45) is 0.870. The third kappa shape index (κ3) is 5.89. The SMILES string of the molecule is CC[NH+](CC)CCCNC(=O)c1ccc(Cl)c(S(=O)(=O)N2CCOCC2)c1. The molecule has 152 valence electrons. The average molecular weight is 419 g/mol. The largest absolute Gasteiger partial charge is 0.379 e. The zero-order chi connectivity index (χ0) is 19.9. The molecule has 0 atom stereocenters. The van der Waals surface area contributed by atoms with Gasteiger partial charge in [0, 0.05) is 31.6 Å². The number of nitrogens with one attached hydrogen (secondary N) is 2. The number of carbonyl (C=O) groups excluding carboxylic acids is 1. The van der Waals surface area contributed by atoms with Gasteiger partial charge in [0.2, 0.25) is 10.0 Å². The van der Waals surface area contributed by atoms with Gasteiger partial charge in [-0.25, -0.2) is 8.42 Å². The van der Waals surface area contributed by atoms with Crippen LogP contribution in [0.15, 0.2) is 23.1 Å². The summed E-state index contributed by atoms with van der Waals surface area (Å²) in [6.45, 7) is 9.21. The summed E-state index contributed by atoms with van der Waals surface area (Å²) in [5.41, 5.74) is 0.293. The summed E-state index contributed by atoms with van der Waals surface area (Å²) in [6, 6.07) is 4.37. The van der Waals surface area contributed by atoms with Crippen LogP contribution in [-0.2, 0) is 14.8 Å². The van der Waals surface area contributed by atoms with E-state index in [-0.39, 0.29) is 28.9 Å². The minimum absolute atomic E-state index is 0.0358. The third-order valence-corrected chi connectivity index (χ3v) is 7.15. The molecular weight excluding hydrogens is 390 g/mol. The first kappa shape index (κ1) is 22.1. The number of rotatable bonds is 9. The topological polar surface area (TPSA) is 80.2 Å². The molecule has 9 heteroatoms. The van der Waals surface area contributed by atoms with Crippen LogP contribution in [-0.4, -0.2) is 71.1 Å². The molecule has 1 aromatic rings. The Kier molecular flexibility index (Phi) is 8.50. The Labute approximate surface area is 166 Å². The number of morpholine rings is 1. The highest BCUT2D eigenvalue weighted by molar-refractivity contribution is 7.89. The fourth-order valence-corrected chi connectivity index (χ4v) is 4.92. The van der Waals surface area contributed by atoms with Crippen LogP contribution in [0, 0.1) is 0 Å². The minimum atomic E-state index is -3.75. The minimum Gasteiger partial charge on any atom is -0.379 e. The van der Waals surface area contributed by atoms with Gasteiger partial charge < -0.3 is 15.0 Å². The Hall–Kier alpha value is -1.19. The number of sulfonamides is 1. The quantitative estimate of drug-likeness (QED) is 0.569. The molecule has 1 fully saturated rings. The van der Waals surface area contributed by atoms with Crippen molar-refractivity contribution in [3.05, 3.63) is 28.8 Å². The zero-order valence-corrected chi connectivity index (χ0v) is 17.5. The van der Waals surface area contributed by atoms with Crippen LogP contribution in [0.2, 0.25) is 5.02 Å². The van der Waals surface area contributed by atoms with E-state index in [9.17, 15) is 13.2 Å². The van der Waals surface area contributed by atoms with Gasteiger partial charge in [0.1, 0.15) is 4.90 Å². The van der Waals surface area contributed by atoms with Gasteiger partial charge in [-0.1, -0.05) is 11.6 Å². The van der Waals surface area contributed by atoms with E-state index in [4.69, 9.17) is 16.3 Å². The lowest BCUT2D eigenvalue weighted by atomic mass is 10.2. The molecule has 0 aromatic heterocycles. The molecule has 7 nitrogen and oxygen atoms in total. The number of amides is 1. The van der Waals surface area contributed by atoms with Crippen molar-refractivity contribution in [1.29, 1.82) is 0 Å². The maximum absolute atomic E-state index is 12.8. The van der Waals surface area contributed by atoms with Gasteiger partial charge >= 0.3 is 0 Å². The van der Waals surface area contributed by atoms with Crippen LogP contribution in [0.5, 0.6) is 0 Å². The van der Waals surface area contributed by atoms with Crippen LogP contribution in [0.4, 0.5) is 0 Å². The molecule has 0 aliphatic carbocycles. The summed E-state index contributed by atoms with van der Waals surface area (Å²) in [5.74, 6) is -0.292. The van der Waals surface area contributed by atoms with Gasteiger partial charge in [0.05, 0.1) is 37.9 Å². The Bertz CT molecular complexity index is 732. The van der Waals surface area contributed by atoms with Crippen molar-refractivity contribution >= 4 is 27.5 Å². The molecule has 0 unspecified atom stereocenters. The van der Waals surface area contributed by atoms with Gasteiger partial charge in [-0.05, 0) is 32.0 Å². The van der Waals surface area contributed by atoms with Crippen molar-refractivity contribution < 1.29 is 22.8 Å². The maximum atomic E-state index is 12.8. The molecule has 2 N–H and O–H groups in total. The van der Waals surface area contributed by atoms with Gasteiger partial charge in [0.25, 0.3) is 5.91 Å². The predicted molar refractivity (Wildman–Crippen MR) is 105 cm³/mol. The molecule has 2 rings (SSSR count). The predicted octanol–water partition coefficient (Wildman–Crippen LogP) is 0.406. The fourth-order valence-electron chi connectivity index (χ4n) is 3.01. The number of carbonyl (C=O) groups is 1. The molecule has 0 saturated carbocycles. The monoisotopic (exact) mass is 418 g/mol. The number of quaternary nitrogens is 1. The van der Waals surface area contributed by atoms with Crippen LogP contribution >= 0.6 is 11.6 Å². The van der Waals surface area contributed by atoms with E-state index in [1.165, 1.54) is 21.3 Å². The summed E-state index contributed by atoms with van der Waals surface area (Å²) >= 11 is 6.13. The molecule has 0 bridgehead atoms. The Morgan fingerprint density at radius 3 is 2.56 bits per heavy atom. The molecule has 1 aliphatic heterocycles. The number of halogens is 1. The molecule has 27 heavy (non-hydrogen) atoms. The highest BCUT2D eigenvalue weighted by atomic mass is 35.5. The smallest absolute Gasteiger partial charge is 0.251 e. The van der Waals surface area contributed by atoms with Crippen molar-refractivity contribution in [2.24, 2.45) is 0 Å². The summed E-state index contributed by atoms with van der Waals surface area (Å²) in [7, 11) is -3.75. The molecule has 0 spiro atoms. The van der Waals surface area contributed by atoms with Gasteiger partial charge in [-0.15, -0.1) is 0 Å². The number of hydrogen-bond acceptors (Lipinski definition) is 4. The van der Waals surface area contributed by atoms with E-state index in [2.05, 4.69) is 19.2 Å². The van der Waals surface area contributed by atoms with Crippen molar-refractivity contribution in [2.75, 3.05) is 52.5 Å². The number of hydrogen-bond donors (Lipinski definition) is 2. The Balaban J connectivity index is 2.04. The lowest BCUT2D eigenvalue weighted by Crippen LogP contribution is -3.11. The molecule has 1 saturated heterocycles. The summed E-state index contributed by atoms with van der Waals surface area (Å²) in [4.78, 5) is 13.9. The van der Waals surface area contributed by atoms with Crippen LogP contribution in [0.3, 0.4) is 0 Å². The second-order valence-corrected chi connectivity index (χ2v) is 8.79. The normalized spacial score (nSPS) is 15.9. The first-order chi connectivity index (χ1) is 12.9. The number of ether oxygens (including phenoxy) is 1. The van der Waals surface area contributed by atoms with Crippen LogP contribution in [0.1, 0.15) is 30.6 Å². The number of benzene rings is 1. The highest BCUT2D eigenvalue weighted by Crippen LogP contribution is 2.26. The Morgan fingerprint density at radius 1 is 1.26 bits per heavy atom. The van der Waals surface area contributed by atoms with Crippen molar-refractivity contribution in [2.45, 2.75) is 25.2 Å². The molecule has 1 heterocycles. The molecule has 1 amide bonds. The summed E-state index contributed by atoms with van der Waals surface area (Å²) < 4.78 is 32.2. The average Bonchev–Trinajstić information content (AvgIpc) is 2.68. The van der Waals surface area contributed by atoms with Crippen molar-refractivity contribution in [1.82, 2.24) is 9.62 Å². The van der Waals surface area contributed by atoms with Gasteiger partial charge in [-0.2, -0.15) is 4.31 Å². The lowest BCUT2D eigenvalue weighted by molar-refractivity contribution is -0.896. The summed E-state index contributed by atoms with van der Waals surface area (Å²) in [5, 5.41) is 2.97. The van der Waals surface area contributed by atoms with E-state index >= 15 is 0 Å². The van der Waals surface area contributed by atoms with E-state index in [0.29, 0.717) is 25.3 Å². The van der Waals surface area contributed by atoms with E-state index < -0.39 is 10.0 Å². The first-order valence-corrected chi connectivity index (χ1v) is 11.2. The molecule has 0 radical (unpaired) electrons. The fraction of sp³-hybridized carbons (Fsp3) is 0.611. The van der Waals surface area contributed by atoms with E-state index in [1.807, 2.05) is 0 Å². The first-order valence-electron chi connectivity index (χ1n) is 9.39. The molecule has 1 aliphatic rings. The number of nitrogens with zero attached hydrogens (tertiary/aromatic N) is 1. The van der Waals surface area contributed by atoms with E-state index in [1.54, 1.807) is 6.07 Å². The van der Waals surface area contributed by atoms with E-state index in [0.717, 1.165) is 26.1 Å². The third-order valence-electron chi connectivity index (χ3n) is 4.77. The van der Waals surface area contributed by atoms with Gasteiger partial charge in [0.15, 0.2) is 0 Å².